The van der Waals surface area contributed by atoms with Crippen molar-refractivity contribution in [3.63, 3.8) is 0 Å². The van der Waals surface area contributed by atoms with E-state index in [0.717, 1.165) is 27.0 Å². The summed E-state index contributed by atoms with van der Waals surface area (Å²) in [4.78, 5) is 14.1. The van der Waals surface area contributed by atoms with Crippen molar-refractivity contribution < 1.29 is 9.53 Å². The monoisotopic (exact) mass is 376 g/mol. The third kappa shape index (κ3) is 5.37. The Kier molecular flexibility index (Phi) is 6.19. The van der Waals surface area contributed by atoms with Gasteiger partial charge in [-0.15, -0.1) is 0 Å². The number of hydrogen-bond acceptors (Lipinski definition) is 3. The summed E-state index contributed by atoms with van der Waals surface area (Å²) in [6, 6.07) is 13.6. The molecule has 2 rings (SSSR count). The van der Waals surface area contributed by atoms with Crippen LogP contribution in [-0.4, -0.2) is 31.5 Å². The average molecular weight is 377 g/mol. The molecule has 5 heteroatoms. The topological polar surface area (TPSA) is 41.6 Å². The quantitative estimate of drug-likeness (QED) is 0.832. The fourth-order valence-electron chi connectivity index (χ4n) is 2.31. The van der Waals surface area contributed by atoms with Crippen LogP contribution in [0.4, 0.5) is 5.69 Å². The van der Waals surface area contributed by atoms with Gasteiger partial charge in [-0.3, -0.25) is 9.69 Å². The van der Waals surface area contributed by atoms with Crippen LogP contribution in [0.15, 0.2) is 46.9 Å². The van der Waals surface area contributed by atoms with Crippen LogP contribution in [0.3, 0.4) is 0 Å². The van der Waals surface area contributed by atoms with Crippen LogP contribution in [0.1, 0.15) is 11.1 Å². The molecule has 0 spiro atoms. The minimum Gasteiger partial charge on any atom is -0.497 e. The largest absolute Gasteiger partial charge is 0.497 e. The van der Waals surface area contributed by atoms with Crippen LogP contribution in [0.2, 0.25) is 0 Å². The number of methoxy groups -OCH3 is 1. The Bertz CT molecular complexity index is 688. The molecule has 1 N–H and O–H groups in total. The van der Waals surface area contributed by atoms with Gasteiger partial charge in [0, 0.05) is 16.7 Å². The van der Waals surface area contributed by atoms with Crippen molar-refractivity contribution >= 4 is 27.5 Å². The van der Waals surface area contributed by atoms with E-state index in [1.807, 2.05) is 61.3 Å². The Balaban J connectivity index is 1.90. The molecule has 0 saturated carbocycles. The standard InChI is InChI=1S/C18H21BrN2O2/c1-13-9-15(7-8-17(13)19)20-18(22)12-21(2)11-14-5-4-6-16(10-14)23-3/h4-10H,11-12H2,1-3H3,(H,20,22). The number of halogens is 1. The third-order valence-electron chi connectivity index (χ3n) is 3.44. The number of amides is 1. The molecule has 0 saturated heterocycles. The van der Waals surface area contributed by atoms with Gasteiger partial charge in [0.05, 0.1) is 13.7 Å². The van der Waals surface area contributed by atoms with E-state index >= 15 is 0 Å². The number of nitrogens with one attached hydrogen (secondary N) is 1. The van der Waals surface area contributed by atoms with Crippen molar-refractivity contribution in [3.8, 4) is 5.75 Å². The van der Waals surface area contributed by atoms with Gasteiger partial charge in [0.1, 0.15) is 5.75 Å². The van der Waals surface area contributed by atoms with Crippen LogP contribution >= 0.6 is 15.9 Å². The Morgan fingerprint density at radius 3 is 2.74 bits per heavy atom. The molecule has 0 atom stereocenters. The van der Waals surface area contributed by atoms with Gasteiger partial charge < -0.3 is 10.1 Å². The van der Waals surface area contributed by atoms with Gasteiger partial charge in [-0.05, 0) is 55.4 Å². The average Bonchev–Trinajstić information content (AvgIpc) is 2.51. The lowest BCUT2D eigenvalue weighted by molar-refractivity contribution is -0.117. The highest BCUT2D eigenvalue weighted by Gasteiger charge is 2.08. The zero-order valence-electron chi connectivity index (χ0n) is 13.6. The summed E-state index contributed by atoms with van der Waals surface area (Å²) in [5, 5.41) is 2.92. The molecule has 1 amide bonds. The van der Waals surface area contributed by atoms with Gasteiger partial charge in [-0.25, -0.2) is 0 Å². The number of nitrogens with zero attached hydrogens (tertiary/aromatic N) is 1. The maximum atomic E-state index is 12.1. The van der Waals surface area contributed by atoms with Crippen molar-refractivity contribution in [1.82, 2.24) is 4.90 Å². The summed E-state index contributed by atoms with van der Waals surface area (Å²) in [6.07, 6.45) is 0. The maximum Gasteiger partial charge on any atom is 0.238 e. The van der Waals surface area contributed by atoms with E-state index in [0.29, 0.717) is 13.1 Å². The highest BCUT2D eigenvalue weighted by Crippen LogP contribution is 2.20. The summed E-state index contributed by atoms with van der Waals surface area (Å²) in [5.41, 5.74) is 3.01. The first-order chi connectivity index (χ1) is 11.0. The van der Waals surface area contributed by atoms with E-state index in [-0.39, 0.29) is 5.91 Å². The zero-order chi connectivity index (χ0) is 16.8. The summed E-state index contributed by atoms with van der Waals surface area (Å²) >= 11 is 3.45. The van der Waals surface area contributed by atoms with Crippen molar-refractivity contribution in [2.24, 2.45) is 0 Å². The lowest BCUT2D eigenvalue weighted by Crippen LogP contribution is -2.29. The van der Waals surface area contributed by atoms with Crippen LogP contribution in [0.25, 0.3) is 0 Å². The molecule has 2 aromatic carbocycles. The first-order valence-corrected chi connectivity index (χ1v) is 8.14. The normalized spacial score (nSPS) is 10.7. The smallest absolute Gasteiger partial charge is 0.238 e. The predicted octanol–water partition coefficient (Wildman–Crippen LogP) is 3.84. The molecule has 0 radical (unpaired) electrons. The molecular formula is C18H21BrN2O2. The van der Waals surface area contributed by atoms with Crippen molar-refractivity contribution in [1.29, 1.82) is 0 Å². The number of benzene rings is 2. The number of ether oxygens (including phenoxy) is 1. The molecular weight excluding hydrogens is 356 g/mol. The molecule has 0 unspecified atom stereocenters. The van der Waals surface area contributed by atoms with Gasteiger partial charge in [-0.2, -0.15) is 0 Å². The van der Waals surface area contributed by atoms with Crippen molar-refractivity contribution in [2.45, 2.75) is 13.5 Å². The SMILES string of the molecule is COc1cccc(CN(C)CC(=O)Nc2ccc(Br)c(C)c2)c1. The number of rotatable bonds is 6. The molecule has 0 heterocycles. The minimum atomic E-state index is -0.0304. The molecule has 23 heavy (non-hydrogen) atoms. The second-order valence-electron chi connectivity index (χ2n) is 5.54. The Labute approximate surface area is 145 Å². The van der Waals surface area contributed by atoms with Crippen LogP contribution < -0.4 is 10.1 Å². The van der Waals surface area contributed by atoms with Crippen LogP contribution in [0, 0.1) is 6.92 Å². The van der Waals surface area contributed by atoms with E-state index in [1.54, 1.807) is 7.11 Å². The van der Waals surface area contributed by atoms with Gasteiger partial charge in [-0.1, -0.05) is 28.1 Å². The molecule has 0 aliphatic heterocycles. The number of carbonyl (C=O) groups excluding carboxylic acids is 1. The molecule has 0 aromatic heterocycles. The summed E-state index contributed by atoms with van der Waals surface area (Å²) in [6.45, 7) is 3.00. The van der Waals surface area contributed by atoms with E-state index in [4.69, 9.17) is 4.74 Å². The fraction of sp³-hybridized carbons (Fsp3) is 0.278. The fourth-order valence-corrected chi connectivity index (χ4v) is 2.55. The molecule has 122 valence electrons. The van der Waals surface area contributed by atoms with Gasteiger partial charge in [0.15, 0.2) is 0 Å². The number of likely N-dealkylation sites (N-methyl/N-ethyl adjacent to an activating group) is 1. The van der Waals surface area contributed by atoms with Crippen molar-refractivity contribution in [2.75, 3.05) is 26.0 Å². The highest BCUT2D eigenvalue weighted by molar-refractivity contribution is 9.10. The van der Waals surface area contributed by atoms with Gasteiger partial charge in [0.2, 0.25) is 5.91 Å². The Hall–Kier alpha value is -1.85. The number of hydrogen-bond donors (Lipinski definition) is 1. The van der Waals surface area contributed by atoms with E-state index in [2.05, 4.69) is 21.2 Å². The first kappa shape index (κ1) is 17.5. The number of carbonyl (C=O) groups is 1. The van der Waals surface area contributed by atoms with Crippen LogP contribution in [0.5, 0.6) is 5.75 Å². The van der Waals surface area contributed by atoms with Crippen LogP contribution in [-0.2, 0) is 11.3 Å². The van der Waals surface area contributed by atoms with Gasteiger partial charge in [0.25, 0.3) is 0 Å². The number of aryl methyl sites for hydroxylation is 1. The molecule has 2 aromatic rings. The molecule has 4 nitrogen and oxygen atoms in total. The summed E-state index contributed by atoms with van der Waals surface area (Å²) < 4.78 is 6.25. The summed E-state index contributed by atoms with van der Waals surface area (Å²) in [7, 11) is 3.57. The first-order valence-electron chi connectivity index (χ1n) is 7.35. The molecule has 0 aliphatic carbocycles. The number of anilines is 1. The highest BCUT2D eigenvalue weighted by atomic mass is 79.9. The van der Waals surface area contributed by atoms with E-state index in [1.165, 1.54) is 0 Å². The Morgan fingerprint density at radius 2 is 2.04 bits per heavy atom. The molecule has 0 aliphatic rings. The second-order valence-corrected chi connectivity index (χ2v) is 6.39. The summed E-state index contributed by atoms with van der Waals surface area (Å²) in [5.74, 6) is 0.794. The van der Waals surface area contributed by atoms with Gasteiger partial charge >= 0.3 is 0 Å². The van der Waals surface area contributed by atoms with E-state index in [9.17, 15) is 4.79 Å². The maximum absolute atomic E-state index is 12.1. The minimum absolute atomic E-state index is 0.0304. The molecule has 0 fully saturated rings. The second kappa shape index (κ2) is 8.13. The predicted molar refractivity (Wildman–Crippen MR) is 96.8 cm³/mol. The molecule has 0 bridgehead atoms. The third-order valence-corrected chi connectivity index (χ3v) is 4.33. The Morgan fingerprint density at radius 1 is 1.26 bits per heavy atom. The zero-order valence-corrected chi connectivity index (χ0v) is 15.2. The van der Waals surface area contributed by atoms with E-state index < -0.39 is 0 Å². The van der Waals surface area contributed by atoms with Crippen molar-refractivity contribution in [3.05, 3.63) is 58.1 Å². The lowest BCUT2D eigenvalue weighted by atomic mass is 10.2. The lowest BCUT2D eigenvalue weighted by Gasteiger charge is -2.17.